The summed E-state index contributed by atoms with van der Waals surface area (Å²) in [6.07, 6.45) is 102. The van der Waals surface area contributed by atoms with Gasteiger partial charge in [0.2, 0.25) is 5.91 Å². The summed E-state index contributed by atoms with van der Waals surface area (Å²) in [5.41, 5.74) is 0. The zero-order chi connectivity index (χ0) is 64.1. The van der Waals surface area contributed by atoms with E-state index < -0.39 is 20.0 Å². The Morgan fingerprint density at radius 2 is 0.693 bits per heavy atom. The van der Waals surface area contributed by atoms with Crippen molar-refractivity contribution in [2.75, 3.05) is 40.9 Å². The molecule has 0 aliphatic heterocycles. The number of unbranched alkanes of at least 4 members (excludes halogenated alkanes) is 31. The average molecular weight is 1240 g/mol. The standard InChI is InChI=1S/C79H139N2O6P/c1-6-8-10-12-14-16-18-20-22-24-26-28-30-32-34-35-36-37-38-39-40-41-42-43-44-45-47-49-51-53-55-57-59-61-63-65-67-69-71-73-79(83)80-77(76-87-88(84,85)86-75-74-81(3,4)5)78(82)72-70-68-66-64-62-60-58-56-54-52-50-48-46-33-31-29-27-25-23-21-19-17-15-13-11-9-7-2/h8,10,14,16,20,22,26,28,32,34,36-37,39-40,42-43,45,47,51,53,57,59,77-78,82H,6-7,9,11-13,15,17-19,21,23-25,27,29-31,33,35,38,41,44,46,48-50,52,54-56,58,60-76H2,1-5H3,(H-,80,83,84,85)/b10-8-,16-14-,22-20-,28-26-,34-32-,37-36-,40-39-,43-42-,47-45-,53-51-,59-57-. The maximum Gasteiger partial charge on any atom is 0.268 e. The van der Waals surface area contributed by atoms with Crippen LogP contribution in [0.5, 0.6) is 0 Å². The van der Waals surface area contributed by atoms with Gasteiger partial charge in [0.1, 0.15) is 13.2 Å². The summed E-state index contributed by atoms with van der Waals surface area (Å²) >= 11 is 0. The molecular weight excluding hydrogens is 1100 g/mol. The number of quaternary nitrogens is 1. The van der Waals surface area contributed by atoms with E-state index in [0.717, 1.165) is 128 Å². The van der Waals surface area contributed by atoms with Crippen LogP contribution in [0.4, 0.5) is 0 Å². The highest BCUT2D eigenvalue weighted by Crippen LogP contribution is 2.38. The van der Waals surface area contributed by atoms with Crippen LogP contribution in [0.15, 0.2) is 134 Å². The number of rotatable bonds is 66. The van der Waals surface area contributed by atoms with Gasteiger partial charge in [0.15, 0.2) is 0 Å². The molecule has 8 nitrogen and oxygen atoms in total. The average Bonchev–Trinajstić information content (AvgIpc) is 3.70. The minimum Gasteiger partial charge on any atom is -0.756 e. The highest BCUT2D eigenvalue weighted by atomic mass is 31.2. The van der Waals surface area contributed by atoms with Crippen molar-refractivity contribution in [3.8, 4) is 0 Å². The molecule has 506 valence electrons. The lowest BCUT2D eigenvalue weighted by Crippen LogP contribution is -2.46. The largest absolute Gasteiger partial charge is 0.756 e. The van der Waals surface area contributed by atoms with Crippen LogP contribution in [-0.4, -0.2) is 68.5 Å². The van der Waals surface area contributed by atoms with Crippen molar-refractivity contribution in [3.63, 3.8) is 0 Å². The van der Waals surface area contributed by atoms with E-state index in [2.05, 4.69) is 153 Å². The molecule has 0 saturated heterocycles. The van der Waals surface area contributed by atoms with E-state index in [0.29, 0.717) is 23.9 Å². The van der Waals surface area contributed by atoms with Crippen LogP contribution in [0.25, 0.3) is 0 Å². The first kappa shape index (κ1) is 84.6. The zero-order valence-corrected chi connectivity index (χ0v) is 58.8. The molecule has 0 radical (unpaired) electrons. The molecule has 0 bridgehead atoms. The van der Waals surface area contributed by atoms with Gasteiger partial charge < -0.3 is 28.8 Å². The quantitative estimate of drug-likeness (QED) is 0.0272. The van der Waals surface area contributed by atoms with Gasteiger partial charge in [-0.3, -0.25) is 9.36 Å². The second kappa shape index (κ2) is 68.0. The number of hydrogen-bond acceptors (Lipinski definition) is 6. The highest BCUT2D eigenvalue weighted by Gasteiger charge is 2.24. The van der Waals surface area contributed by atoms with Crippen LogP contribution in [0, 0.1) is 0 Å². The number of carbonyl (C=O) groups is 1. The molecule has 0 heterocycles. The minimum absolute atomic E-state index is 0.00189. The van der Waals surface area contributed by atoms with Gasteiger partial charge in [-0.2, -0.15) is 0 Å². The smallest absolute Gasteiger partial charge is 0.268 e. The lowest BCUT2D eigenvalue weighted by Gasteiger charge is -2.30. The lowest BCUT2D eigenvalue weighted by atomic mass is 10.0. The fraction of sp³-hybridized carbons (Fsp3) is 0.709. The molecule has 0 saturated carbocycles. The maximum atomic E-state index is 13.1. The van der Waals surface area contributed by atoms with Gasteiger partial charge >= 0.3 is 0 Å². The number of amides is 1. The Bertz CT molecular complexity index is 1900. The topological polar surface area (TPSA) is 108 Å². The van der Waals surface area contributed by atoms with E-state index in [-0.39, 0.29) is 19.1 Å². The summed E-state index contributed by atoms with van der Waals surface area (Å²) in [7, 11) is 1.28. The SMILES string of the molecule is CC/C=C\C/C=C\C/C=C\C/C=C\C/C=C\C/C=C\C/C=C\C/C=C\C/C=C\C/C=C\C/C=C\CCCCCCCC(=O)NC(COP(=O)([O-])OCC[N+](C)(C)C)C(O)CCCCCCCCCCCCCCCCCCCCCCCCCCCCC. The Kier molecular flexibility index (Phi) is 65.4. The van der Waals surface area contributed by atoms with Gasteiger partial charge in [-0.15, -0.1) is 0 Å². The van der Waals surface area contributed by atoms with Crippen LogP contribution in [0.2, 0.25) is 0 Å². The first-order chi connectivity index (χ1) is 43.0. The monoisotopic (exact) mass is 1240 g/mol. The number of allylic oxidation sites excluding steroid dienone is 22. The minimum atomic E-state index is -4.60. The summed E-state index contributed by atoms with van der Waals surface area (Å²) < 4.78 is 23.5. The third-order valence-corrected chi connectivity index (χ3v) is 16.9. The molecule has 0 aromatic rings. The van der Waals surface area contributed by atoms with Gasteiger partial charge in [0, 0.05) is 6.42 Å². The molecule has 0 aromatic carbocycles. The van der Waals surface area contributed by atoms with Crippen LogP contribution >= 0.6 is 7.82 Å². The van der Waals surface area contributed by atoms with Gasteiger partial charge in [-0.05, 0) is 96.3 Å². The molecule has 0 fully saturated rings. The number of nitrogens with one attached hydrogen (secondary N) is 1. The number of aliphatic hydroxyl groups excluding tert-OH is 1. The lowest BCUT2D eigenvalue weighted by molar-refractivity contribution is -0.870. The van der Waals surface area contributed by atoms with Crippen molar-refractivity contribution in [3.05, 3.63) is 134 Å². The van der Waals surface area contributed by atoms with Crippen LogP contribution in [-0.2, 0) is 18.4 Å². The van der Waals surface area contributed by atoms with Crippen molar-refractivity contribution in [1.29, 1.82) is 0 Å². The molecule has 88 heavy (non-hydrogen) atoms. The van der Waals surface area contributed by atoms with E-state index >= 15 is 0 Å². The van der Waals surface area contributed by atoms with Gasteiger partial charge in [-0.1, -0.05) is 340 Å². The Balaban J connectivity index is 4.14. The number of nitrogens with zero attached hydrogens (tertiary/aromatic N) is 1. The number of likely N-dealkylation sites (N-methyl/N-ethyl adjacent to an activating group) is 1. The van der Waals surface area contributed by atoms with Crippen LogP contribution < -0.4 is 10.2 Å². The number of aliphatic hydroxyl groups is 1. The first-order valence-electron chi connectivity index (χ1n) is 36.5. The second-order valence-corrected chi connectivity index (χ2v) is 27.0. The molecule has 3 unspecified atom stereocenters. The summed E-state index contributed by atoms with van der Waals surface area (Å²) in [5.74, 6) is -0.185. The third kappa shape index (κ3) is 70.1. The molecule has 0 aliphatic rings. The Morgan fingerprint density at radius 1 is 0.409 bits per heavy atom. The van der Waals surface area contributed by atoms with Crippen molar-refractivity contribution in [2.45, 2.75) is 321 Å². The van der Waals surface area contributed by atoms with Crippen molar-refractivity contribution >= 4 is 13.7 Å². The van der Waals surface area contributed by atoms with Gasteiger partial charge in [-0.25, -0.2) is 0 Å². The van der Waals surface area contributed by atoms with Crippen molar-refractivity contribution in [1.82, 2.24) is 5.32 Å². The van der Waals surface area contributed by atoms with Crippen LogP contribution in [0.3, 0.4) is 0 Å². The summed E-state index contributed by atoms with van der Waals surface area (Å²) in [5, 5.41) is 14.1. The first-order valence-corrected chi connectivity index (χ1v) is 38.0. The third-order valence-electron chi connectivity index (χ3n) is 15.9. The van der Waals surface area contributed by atoms with E-state index in [1.807, 2.05) is 21.1 Å². The number of phosphoric acid groups is 1. The predicted molar refractivity (Wildman–Crippen MR) is 385 cm³/mol. The van der Waals surface area contributed by atoms with Gasteiger partial charge in [0.05, 0.1) is 39.9 Å². The van der Waals surface area contributed by atoms with Crippen LogP contribution in [0.1, 0.15) is 309 Å². The second-order valence-electron chi connectivity index (χ2n) is 25.6. The normalized spacial score (nSPS) is 14.4. The molecule has 1 amide bonds. The highest BCUT2D eigenvalue weighted by molar-refractivity contribution is 7.45. The molecule has 3 atom stereocenters. The van der Waals surface area contributed by atoms with Crippen molar-refractivity contribution in [2.24, 2.45) is 0 Å². The van der Waals surface area contributed by atoms with Gasteiger partial charge in [0.25, 0.3) is 7.82 Å². The Morgan fingerprint density at radius 3 is 1.01 bits per heavy atom. The summed E-state index contributed by atoms with van der Waals surface area (Å²) in [6.45, 7) is 4.61. The zero-order valence-electron chi connectivity index (χ0n) is 57.9. The van der Waals surface area contributed by atoms with Crippen molar-refractivity contribution < 1.29 is 32.9 Å². The Labute approximate surface area is 545 Å². The summed E-state index contributed by atoms with van der Waals surface area (Å²) in [4.78, 5) is 25.7. The molecule has 2 N–H and O–H groups in total. The van der Waals surface area contributed by atoms with E-state index in [1.165, 1.54) is 154 Å². The van der Waals surface area contributed by atoms with E-state index in [4.69, 9.17) is 9.05 Å². The molecular formula is C79H139N2O6P. The van der Waals surface area contributed by atoms with E-state index in [9.17, 15) is 19.4 Å². The Hall–Kier alpha value is -3.36. The fourth-order valence-corrected chi connectivity index (χ4v) is 11.0. The fourth-order valence-electron chi connectivity index (χ4n) is 10.3. The van der Waals surface area contributed by atoms with E-state index in [1.54, 1.807) is 0 Å². The maximum absolute atomic E-state index is 13.1. The molecule has 9 heteroatoms. The number of phosphoric ester groups is 1. The molecule has 0 aromatic heterocycles. The summed E-state index contributed by atoms with van der Waals surface area (Å²) in [6, 6.07) is -0.823. The number of carbonyl (C=O) groups excluding carboxylic acids is 1. The number of hydrogen-bond donors (Lipinski definition) is 2. The predicted octanol–water partition coefficient (Wildman–Crippen LogP) is 23.1. The molecule has 0 aliphatic carbocycles. The molecule has 0 rings (SSSR count). The molecule has 0 spiro atoms.